The van der Waals surface area contributed by atoms with Gasteiger partial charge in [0.1, 0.15) is 10.5 Å². The molecule has 4 rings (SSSR count). The smallest absolute Gasteiger partial charge is 0.263 e. The lowest BCUT2D eigenvalue weighted by atomic mass is 10.2. The van der Waals surface area contributed by atoms with Crippen LogP contribution in [0, 0.1) is 0 Å². The molecule has 2 aromatic heterocycles. The molecule has 4 aromatic rings. The summed E-state index contributed by atoms with van der Waals surface area (Å²) in [7, 11) is 0. The highest BCUT2D eigenvalue weighted by Gasteiger charge is 2.10. The summed E-state index contributed by atoms with van der Waals surface area (Å²) < 4.78 is 5.73. The van der Waals surface area contributed by atoms with Crippen molar-refractivity contribution in [1.29, 1.82) is 0 Å². The standard InChI is InChI=1S/C16H11N3OS/c17-11-5-6-13-14(9-11)20-16(19-13)21-15-12-4-2-1-3-10(12)7-8-18-15/h1-9H,17H2. The number of benzene rings is 2. The maximum Gasteiger partial charge on any atom is 0.263 e. The third-order valence-corrected chi connectivity index (χ3v) is 4.08. The zero-order valence-electron chi connectivity index (χ0n) is 11.0. The Balaban J connectivity index is 1.79. The van der Waals surface area contributed by atoms with Crippen LogP contribution in [-0.4, -0.2) is 9.97 Å². The predicted octanol–water partition coefficient (Wildman–Crippen LogP) is 4.11. The van der Waals surface area contributed by atoms with Crippen LogP contribution in [0.3, 0.4) is 0 Å². The third kappa shape index (κ3) is 2.21. The number of pyridine rings is 1. The largest absolute Gasteiger partial charge is 0.431 e. The lowest BCUT2D eigenvalue weighted by Gasteiger charge is -2.01. The molecule has 0 unspecified atom stereocenters. The van der Waals surface area contributed by atoms with Gasteiger partial charge in [0.05, 0.1) is 0 Å². The van der Waals surface area contributed by atoms with E-state index >= 15 is 0 Å². The van der Waals surface area contributed by atoms with Gasteiger partial charge in [-0.05, 0) is 35.3 Å². The van der Waals surface area contributed by atoms with E-state index in [4.69, 9.17) is 10.2 Å². The number of nitrogens with two attached hydrogens (primary N) is 1. The fourth-order valence-electron chi connectivity index (χ4n) is 2.22. The third-order valence-electron chi connectivity index (χ3n) is 3.21. The van der Waals surface area contributed by atoms with Crippen molar-refractivity contribution >= 4 is 39.3 Å². The van der Waals surface area contributed by atoms with Gasteiger partial charge in [0.25, 0.3) is 5.22 Å². The van der Waals surface area contributed by atoms with Crippen LogP contribution in [0.4, 0.5) is 5.69 Å². The SMILES string of the molecule is Nc1ccc2nc(Sc3nccc4ccccc34)oc2c1. The molecule has 2 aromatic carbocycles. The lowest BCUT2D eigenvalue weighted by Crippen LogP contribution is -1.82. The molecule has 2 N–H and O–H groups in total. The van der Waals surface area contributed by atoms with Crippen molar-refractivity contribution in [3.8, 4) is 0 Å². The topological polar surface area (TPSA) is 64.9 Å². The van der Waals surface area contributed by atoms with Crippen LogP contribution in [0.1, 0.15) is 0 Å². The molecule has 0 atom stereocenters. The van der Waals surface area contributed by atoms with E-state index in [2.05, 4.69) is 16.0 Å². The molecule has 2 heterocycles. The highest BCUT2D eigenvalue weighted by molar-refractivity contribution is 7.99. The fraction of sp³-hybridized carbons (Fsp3) is 0. The summed E-state index contributed by atoms with van der Waals surface area (Å²) in [5, 5.41) is 3.69. The van der Waals surface area contributed by atoms with Gasteiger partial charge < -0.3 is 10.2 Å². The lowest BCUT2D eigenvalue weighted by molar-refractivity contribution is 0.489. The van der Waals surface area contributed by atoms with E-state index in [-0.39, 0.29) is 0 Å². The summed E-state index contributed by atoms with van der Waals surface area (Å²) in [6.45, 7) is 0. The monoisotopic (exact) mass is 293 g/mol. The van der Waals surface area contributed by atoms with Crippen LogP contribution in [0.25, 0.3) is 21.9 Å². The van der Waals surface area contributed by atoms with Crippen molar-refractivity contribution in [2.24, 2.45) is 0 Å². The van der Waals surface area contributed by atoms with Crippen LogP contribution >= 0.6 is 11.8 Å². The van der Waals surface area contributed by atoms with Crippen molar-refractivity contribution in [2.75, 3.05) is 5.73 Å². The van der Waals surface area contributed by atoms with E-state index in [1.165, 1.54) is 11.8 Å². The molecule has 0 saturated heterocycles. The number of fused-ring (bicyclic) bond motifs is 2. The van der Waals surface area contributed by atoms with Gasteiger partial charge in [-0.3, -0.25) is 0 Å². The average Bonchev–Trinajstić information content (AvgIpc) is 2.89. The molecular weight excluding hydrogens is 282 g/mol. The Morgan fingerprint density at radius 2 is 1.95 bits per heavy atom. The Kier molecular flexibility index (Phi) is 2.79. The molecule has 102 valence electrons. The molecule has 0 aliphatic rings. The van der Waals surface area contributed by atoms with Crippen molar-refractivity contribution in [1.82, 2.24) is 9.97 Å². The van der Waals surface area contributed by atoms with E-state index in [0.717, 1.165) is 21.3 Å². The van der Waals surface area contributed by atoms with E-state index in [0.29, 0.717) is 16.5 Å². The van der Waals surface area contributed by atoms with Crippen LogP contribution in [-0.2, 0) is 0 Å². The van der Waals surface area contributed by atoms with Crippen LogP contribution < -0.4 is 5.73 Å². The van der Waals surface area contributed by atoms with E-state index in [1.54, 1.807) is 12.3 Å². The molecule has 0 spiro atoms. The molecule has 0 aliphatic heterocycles. The summed E-state index contributed by atoms with van der Waals surface area (Å²) in [4.78, 5) is 8.88. The predicted molar refractivity (Wildman–Crippen MR) is 84.3 cm³/mol. The number of hydrogen-bond acceptors (Lipinski definition) is 5. The molecule has 0 bridgehead atoms. The van der Waals surface area contributed by atoms with E-state index in [1.807, 2.05) is 36.4 Å². The summed E-state index contributed by atoms with van der Waals surface area (Å²) in [6, 6.07) is 15.6. The molecule has 5 heteroatoms. The van der Waals surface area contributed by atoms with Gasteiger partial charge >= 0.3 is 0 Å². The fourth-order valence-corrected chi connectivity index (χ4v) is 3.07. The van der Waals surface area contributed by atoms with E-state index < -0.39 is 0 Å². The summed E-state index contributed by atoms with van der Waals surface area (Å²) >= 11 is 1.42. The summed E-state index contributed by atoms with van der Waals surface area (Å²) in [5.74, 6) is 0. The first kappa shape index (κ1) is 12.2. The number of rotatable bonds is 2. The maximum absolute atomic E-state index is 5.75. The number of aromatic nitrogens is 2. The molecular formula is C16H11N3OS. The van der Waals surface area contributed by atoms with E-state index in [9.17, 15) is 0 Å². The first-order valence-corrected chi connectivity index (χ1v) is 7.29. The number of hydrogen-bond donors (Lipinski definition) is 1. The van der Waals surface area contributed by atoms with Gasteiger partial charge in [-0.1, -0.05) is 24.3 Å². The van der Waals surface area contributed by atoms with Crippen LogP contribution in [0.15, 0.2) is 69.4 Å². The van der Waals surface area contributed by atoms with Crippen molar-refractivity contribution in [3.05, 3.63) is 54.7 Å². The number of nitrogen functional groups attached to an aromatic ring is 1. The van der Waals surface area contributed by atoms with Crippen molar-refractivity contribution in [2.45, 2.75) is 10.2 Å². The van der Waals surface area contributed by atoms with Gasteiger partial charge in [-0.25, -0.2) is 9.97 Å². The molecule has 0 aliphatic carbocycles. The van der Waals surface area contributed by atoms with Gasteiger partial charge in [-0.15, -0.1) is 0 Å². The normalized spacial score (nSPS) is 11.2. The maximum atomic E-state index is 5.75. The zero-order chi connectivity index (χ0) is 14.2. The number of oxazole rings is 1. The Bertz CT molecular complexity index is 943. The minimum absolute atomic E-state index is 0.569. The molecule has 21 heavy (non-hydrogen) atoms. The second kappa shape index (κ2) is 4.79. The number of nitrogens with zero attached hydrogens (tertiary/aromatic N) is 2. The van der Waals surface area contributed by atoms with Crippen molar-refractivity contribution < 1.29 is 4.42 Å². The average molecular weight is 293 g/mol. The minimum Gasteiger partial charge on any atom is -0.431 e. The highest BCUT2D eigenvalue weighted by Crippen LogP contribution is 2.33. The second-order valence-electron chi connectivity index (χ2n) is 4.65. The Morgan fingerprint density at radius 3 is 2.90 bits per heavy atom. The molecule has 0 radical (unpaired) electrons. The zero-order valence-corrected chi connectivity index (χ0v) is 11.8. The summed E-state index contributed by atoms with van der Waals surface area (Å²) in [6.07, 6.45) is 1.80. The Labute approximate surface area is 125 Å². The van der Waals surface area contributed by atoms with Gasteiger partial charge in [-0.2, -0.15) is 0 Å². The molecule has 0 amide bonds. The summed E-state index contributed by atoms with van der Waals surface area (Å²) in [5.41, 5.74) is 7.91. The highest BCUT2D eigenvalue weighted by atomic mass is 32.2. The first-order chi connectivity index (χ1) is 10.3. The second-order valence-corrected chi connectivity index (χ2v) is 5.59. The van der Waals surface area contributed by atoms with Gasteiger partial charge in [0.2, 0.25) is 0 Å². The van der Waals surface area contributed by atoms with Crippen LogP contribution in [0.5, 0.6) is 0 Å². The van der Waals surface area contributed by atoms with Crippen LogP contribution in [0.2, 0.25) is 0 Å². The quantitative estimate of drug-likeness (QED) is 0.563. The Hall–Kier alpha value is -2.53. The number of anilines is 1. The molecule has 0 fully saturated rings. The van der Waals surface area contributed by atoms with Crippen molar-refractivity contribution in [3.63, 3.8) is 0 Å². The van der Waals surface area contributed by atoms with Gasteiger partial charge in [0.15, 0.2) is 5.58 Å². The Morgan fingerprint density at radius 1 is 1.05 bits per heavy atom. The van der Waals surface area contributed by atoms with Gasteiger partial charge in [0, 0.05) is 23.3 Å². The first-order valence-electron chi connectivity index (χ1n) is 6.47. The molecule has 4 nitrogen and oxygen atoms in total. The minimum atomic E-state index is 0.569. The molecule has 0 saturated carbocycles.